The van der Waals surface area contributed by atoms with Crippen LogP contribution in [-0.2, 0) is 19.1 Å². The second kappa shape index (κ2) is 9.48. The Kier molecular flexibility index (Phi) is 8.23. The molecule has 0 aliphatic heterocycles. The van der Waals surface area contributed by atoms with Crippen LogP contribution in [0.15, 0.2) is 11.6 Å². The Morgan fingerprint density at radius 1 is 1.00 bits per heavy atom. The molecule has 0 N–H and O–H groups in total. The Morgan fingerprint density at radius 3 is 2.23 bits per heavy atom. The maximum Gasteiger partial charge on any atom is 0.302 e. The van der Waals surface area contributed by atoms with Gasteiger partial charge in [0, 0.05) is 25.2 Å². The summed E-state index contributed by atoms with van der Waals surface area (Å²) in [5, 5.41) is 0. The first-order chi connectivity index (χ1) is 12.0. The molecule has 4 nitrogen and oxygen atoms in total. The fraction of sp³-hybridized carbons (Fsp3) is 0.773. The molecule has 0 saturated heterocycles. The summed E-state index contributed by atoms with van der Waals surface area (Å²) in [5.74, 6) is 0.449. The van der Waals surface area contributed by atoms with Gasteiger partial charge in [-0.3, -0.25) is 9.59 Å². The highest BCUT2D eigenvalue weighted by Crippen LogP contribution is 2.54. The minimum atomic E-state index is -0.354. The summed E-state index contributed by atoms with van der Waals surface area (Å²) in [6, 6.07) is 0. The zero-order valence-corrected chi connectivity index (χ0v) is 17.4. The Morgan fingerprint density at radius 2 is 1.65 bits per heavy atom. The van der Waals surface area contributed by atoms with Crippen LogP contribution in [0, 0.1) is 16.7 Å². The van der Waals surface area contributed by atoms with Crippen LogP contribution >= 0.6 is 0 Å². The van der Waals surface area contributed by atoms with Gasteiger partial charge in [-0.25, -0.2) is 0 Å². The summed E-state index contributed by atoms with van der Waals surface area (Å²) >= 11 is 0. The van der Waals surface area contributed by atoms with Gasteiger partial charge < -0.3 is 9.53 Å². The largest absolute Gasteiger partial charge is 0.462 e. The molecule has 148 valence electrons. The lowest BCUT2D eigenvalue weighted by Crippen LogP contribution is -2.47. The van der Waals surface area contributed by atoms with E-state index in [1.165, 1.54) is 6.92 Å². The van der Waals surface area contributed by atoms with E-state index in [-0.39, 0.29) is 35.1 Å². The van der Waals surface area contributed by atoms with Gasteiger partial charge in [-0.05, 0) is 56.9 Å². The van der Waals surface area contributed by atoms with Crippen LogP contribution in [0.1, 0.15) is 86.5 Å². The molecular formula is C22H36O4. The van der Waals surface area contributed by atoms with E-state index in [0.717, 1.165) is 31.3 Å². The predicted octanol–water partition coefficient (Wildman–Crippen LogP) is 5.05. The number of carbonyl (C=O) groups excluding carboxylic acids is 3. The number of Topliss-reactive ketones (excluding diaryl/α,β-unsaturated/α-hetero) is 2. The fourth-order valence-electron chi connectivity index (χ4n) is 4.51. The molecule has 1 rings (SSSR count). The SMILES string of the molecule is CC(=O)CC[C@@H]1C(C)(C)CCC[C@@]1(C)C(=O)CC/C(C)=C/COC(C)=O. The van der Waals surface area contributed by atoms with Crippen LogP contribution in [0.25, 0.3) is 0 Å². The first-order valence-electron chi connectivity index (χ1n) is 9.81. The lowest BCUT2D eigenvalue weighted by atomic mass is 9.53. The summed E-state index contributed by atoms with van der Waals surface area (Å²) in [7, 11) is 0. The Labute approximate surface area is 158 Å². The summed E-state index contributed by atoms with van der Waals surface area (Å²) in [6.07, 6.45) is 7.50. The first-order valence-corrected chi connectivity index (χ1v) is 9.81. The van der Waals surface area contributed by atoms with Crippen molar-refractivity contribution in [3.8, 4) is 0 Å². The van der Waals surface area contributed by atoms with Crippen molar-refractivity contribution in [2.75, 3.05) is 6.61 Å². The van der Waals surface area contributed by atoms with Gasteiger partial charge in [0.05, 0.1) is 0 Å². The molecule has 2 atom stereocenters. The molecule has 0 unspecified atom stereocenters. The van der Waals surface area contributed by atoms with Crippen molar-refractivity contribution in [3.05, 3.63) is 11.6 Å². The number of rotatable bonds is 9. The Hall–Kier alpha value is -1.45. The van der Waals surface area contributed by atoms with Crippen molar-refractivity contribution in [1.29, 1.82) is 0 Å². The highest BCUT2D eigenvalue weighted by atomic mass is 16.5. The van der Waals surface area contributed by atoms with Crippen molar-refractivity contribution < 1.29 is 19.1 Å². The van der Waals surface area contributed by atoms with Gasteiger partial charge in [0.2, 0.25) is 0 Å². The van der Waals surface area contributed by atoms with Gasteiger partial charge in [0.15, 0.2) is 0 Å². The number of allylic oxidation sites excluding steroid dienone is 1. The molecule has 4 heteroatoms. The van der Waals surface area contributed by atoms with Crippen molar-refractivity contribution >= 4 is 17.5 Å². The monoisotopic (exact) mass is 364 g/mol. The molecule has 0 aromatic carbocycles. The molecule has 1 aliphatic rings. The second-order valence-corrected chi connectivity index (χ2v) is 8.83. The van der Waals surface area contributed by atoms with E-state index in [9.17, 15) is 14.4 Å². The third kappa shape index (κ3) is 6.37. The van der Waals surface area contributed by atoms with Crippen molar-refractivity contribution in [2.24, 2.45) is 16.7 Å². The van der Waals surface area contributed by atoms with Gasteiger partial charge in [0.1, 0.15) is 18.2 Å². The van der Waals surface area contributed by atoms with E-state index in [4.69, 9.17) is 4.74 Å². The van der Waals surface area contributed by atoms with Crippen molar-refractivity contribution in [1.82, 2.24) is 0 Å². The summed E-state index contributed by atoms with van der Waals surface area (Å²) in [6.45, 7) is 11.8. The third-order valence-corrected chi connectivity index (χ3v) is 6.12. The maximum absolute atomic E-state index is 13.2. The molecule has 0 amide bonds. The standard InChI is InChI=1S/C22H36O4/c1-16(12-15-26-18(3)24)8-11-20(25)22(6)14-7-13-21(4,5)19(22)10-9-17(2)23/h12,19H,7-11,13-15H2,1-6H3/b16-12+/t19-,22-/m1/s1. The quantitative estimate of drug-likeness (QED) is 0.424. The van der Waals surface area contributed by atoms with Crippen LogP contribution in [0.5, 0.6) is 0 Å². The molecule has 0 heterocycles. The van der Waals surface area contributed by atoms with Gasteiger partial charge in [-0.2, -0.15) is 0 Å². The van der Waals surface area contributed by atoms with E-state index in [0.29, 0.717) is 25.0 Å². The molecule has 1 fully saturated rings. The van der Waals surface area contributed by atoms with Crippen LogP contribution < -0.4 is 0 Å². The van der Waals surface area contributed by atoms with E-state index in [1.54, 1.807) is 6.92 Å². The van der Waals surface area contributed by atoms with E-state index in [1.807, 2.05) is 13.0 Å². The first kappa shape index (κ1) is 22.6. The average Bonchev–Trinajstić information content (AvgIpc) is 2.50. The zero-order valence-electron chi connectivity index (χ0n) is 17.4. The number of ketones is 2. The zero-order chi connectivity index (χ0) is 20.0. The summed E-state index contributed by atoms with van der Waals surface area (Å²) < 4.78 is 4.92. The van der Waals surface area contributed by atoms with Crippen LogP contribution in [-0.4, -0.2) is 24.1 Å². The number of hydrogen-bond acceptors (Lipinski definition) is 4. The molecule has 1 saturated carbocycles. The Bertz CT molecular complexity index is 558. The van der Waals surface area contributed by atoms with E-state index >= 15 is 0 Å². The van der Waals surface area contributed by atoms with Gasteiger partial charge in [-0.15, -0.1) is 0 Å². The molecule has 0 spiro atoms. The smallest absolute Gasteiger partial charge is 0.302 e. The number of ether oxygens (including phenoxy) is 1. The normalized spacial score (nSPS) is 25.6. The molecule has 0 radical (unpaired) electrons. The molecule has 0 bridgehead atoms. The molecular weight excluding hydrogens is 328 g/mol. The van der Waals surface area contributed by atoms with Crippen LogP contribution in [0.3, 0.4) is 0 Å². The van der Waals surface area contributed by atoms with E-state index < -0.39 is 0 Å². The fourth-order valence-corrected chi connectivity index (χ4v) is 4.51. The van der Waals surface area contributed by atoms with Crippen LogP contribution in [0.2, 0.25) is 0 Å². The topological polar surface area (TPSA) is 60.4 Å². The lowest BCUT2D eigenvalue weighted by Gasteiger charge is -2.50. The van der Waals surface area contributed by atoms with Gasteiger partial charge in [-0.1, -0.05) is 32.8 Å². The van der Waals surface area contributed by atoms with E-state index in [2.05, 4.69) is 20.8 Å². The minimum absolute atomic E-state index is 0.0817. The second-order valence-electron chi connectivity index (χ2n) is 8.83. The third-order valence-electron chi connectivity index (χ3n) is 6.12. The number of hydrogen-bond donors (Lipinski definition) is 0. The molecule has 0 aromatic heterocycles. The van der Waals surface area contributed by atoms with Crippen molar-refractivity contribution in [3.63, 3.8) is 0 Å². The van der Waals surface area contributed by atoms with Gasteiger partial charge >= 0.3 is 5.97 Å². The average molecular weight is 365 g/mol. The number of carbonyl (C=O) groups is 3. The number of esters is 1. The van der Waals surface area contributed by atoms with Crippen LogP contribution in [0.4, 0.5) is 0 Å². The lowest BCUT2D eigenvalue weighted by molar-refractivity contribution is -0.140. The summed E-state index contributed by atoms with van der Waals surface area (Å²) in [4.78, 5) is 35.5. The molecule has 0 aromatic rings. The van der Waals surface area contributed by atoms with Gasteiger partial charge in [0.25, 0.3) is 0 Å². The Balaban J connectivity index is 2.78. The maximum atomic E-state index is 13.2. The summed E-state index contributed by atoms with van der Waals surface area (Å²) in [5.41, 5.74) is 0.796. The minimum Gasteiger partial charge on any atom is -0.462 e. The highest BCUT2D eigenvalue weighted by Gasteiger charge is 2.49. The predicted molar refractivity (Wildman–Crippen MR) is 104 cm³/mol. The molecule has 26 heavy (non-hydrogen) atoms. The molecule has 1 aliphatic carbocycles. The van der Waals surface area contributed by atoms with Crippen molar-refractivity contribution in [2.45, 2.75) is 86.5 Å². The highest BCUT2D eigenvalue weighted by molar-refractivity contribution is 5.85.